The van der Waals surface area contributed by atoms with Crippen LogP contribution in [0.3, 0.4) is 0 Å². The van der Waals surface area contributed by atoms with Gasteiger partial charge in [-0.05, 0) is 36.4 Å². The Balaban J connectivity index is 1.57. The van der Waals surface area contributed by atoms with Crippen molar-refractivity contribution in [3.05, 3.63) is 60.6 Å². The fraction of sp³-hybridized carbons (Fsp3) is 0.211. The molecule has 0 atom stereocenters. The van der Waals surface area contributed by atoms with Crippen LogP contribution in [-0.2, 0) is 5.41 Å². The molecule has 0 unspecified atom stereocenters. The first-order valence-corrected chi connectivity index (χ1v) is 9.04. The van der Waals surface area contributed by atoms with Crippen LogP contribution in [0.5, 0.6) is 0 Å². The lowest BCUT2D eigenvalue weighted by atomic mass is 9.92. The molecule has 7 heteroatoms. The maximum absolute atomic E-state index is 12.1. The quantitative estimate of drug-likeness (QED) is 0.613. The third-order valence-corrected chi connectivity index (χ3v) is 4.64. The smallest absolute Gasteiger partial charge is 0.308 e. The van der Waals surface area contributed by atoms with Crippen LogP contribution in [-0.4, -0.2) is 21.2 Å². The molecule has 2 aromatic heterocycles. The highest BCUT2D eigenvalue weighted by Gasteiger charge is 2.17. The Hall–Kier alpha value is -2.80. The number of amides is 2. The first-order chi connectivity index (χ1) is 12.4. The van der Waals surface area contributed by atoms with E-state index < -0.39 is 0 Å². The van der Waals surface area contributed by atoms with Gasteiger partial charge in [0.15, 0.2) is 5.82 Å². The second-order valence-corrected chi connectivity index (χ2v) is 7.95. The average molecular weight is 367 g/mol. The third kappa shape index (κ3) is 4.86. The maximum atomic E-state index is 12.1. The molecule has 3 N–H and O–H groups in total. The maximum Gasteiger partial charge on any atom is 0.324 e. The molecule has 0 aliphatic heterocycles. The zero-order valence-electron chi connectivity index (χ0n) is 14.9. The predicted octanol–water partition coefficient (Wildman–Crippen LogP) is 4.90. The van der Waals surface area contributed by atoms with Gasteiger partial charge in [-0.25, -0.2) is 4.79 Å². The minimum atomic E-state index is -0.327. The van der Waals surface area contributed by atoms with E-state index in [1.165, 1.54) is 0 Å². The minimum Gasteiger partial charge on any atom is -0.308 e. The number of pyridine rings is 1. The lowest BCUT2D eigenvalue weighted by Gasteiger charge is -2.14. The molecule has 0 aliphatic rings. The van der Waals surface area contributed by atoms with E-state index in [-0.39, 0.29) is 11.4 Å². The topological polar surface area (TPSA) is 82.7 Å². The highest BCUT2D eigenvalue weighted by atomic mass is 32.2. The molecule has 0 saturated carbocycles. The molecule has 3 aromatic rings. The van der Waals surface area contributed by atoms with Crippen LogP contribution >= 0.6 is 11.8 Å². The van der Waals surface area contributed by atoms with Crippen molar-refractivity contribution in [1.82, 2.24) is 15.2 Å². The number of nitrogens with zero attached hydrogens (tertiary/aromatic N) is 2. The van der Waals surface area contributed by atoms with Gasteiger partial charge in [0.25, 0.3) is 0 Å². The molecule has 2 heterocycles. The van der Waals surface area contributed by atoms with Crippen molar-refractivity contribution in [2.45, 2.75) is 36.0 Å². The van der Waals surface area contributed by atoms with Gasteiger partial charge in [-0.15, -0.1) is 0 Å². The fourth-order valence-electron chi connectivity index (χ4n) is 2.20. The first-order valence-electron chi connectivity index (χ1n) is 8.22. The lowest BCUT2D eigenvalue weighted by molar-refractivity contribution is 0.262. The highest BCUT2D eigenvalue weighted by molar-refractivity contribution is 7.99. The van der Waals surface area contributed by atoms with Gasteiger partial charge in [0.05, 0.1) is 0 Å². The number of carbonyl (C=O) groups excluding carboxylic acids is 1. The normalized spacial score (nSPS) is 11.2. The number of urea groups is 1. The van der Waals surface area contributed by atoms with Crippen LogP contribution < -0.4 is 10.6 Å². The van der Waals surface area contributed by atoms with E-state index in [1.807, 2.05) is 42.5 Å². The molecule has 0 radical (unpaired) electrons. The Bertz CT molecular complexity index is 869. The number of hydrogen-bond acceptors (Lipinski definition) is 4. The molecule has 3 rings (SSSR count). The summed E-state index contributed by atoms with van der Waals surface area (Å²) in [5.74, 6) is 0.497. The largest absolute Gasteiger partial charge is 0.324 e. The lowest BCUT2D eigenvalue weighted by Crippen LogP contribution is -2.19. The Morgan fingerprint density at radius 1 is 1.00 bits per heavy atom. The van der Waals surface area contributed by atoms with Crippen molar-refractivity contribution in [2.75, 3.05) is 10.6 Å². The number of anilines is 2. The molecule has 26 heavy (non-hydrogen) atoms. The van der Waals surface area contributed by atoms with Gasteiger partial charge in [-0.1, -0.05) is 32.5 Å². The Labute approximate surface area is 156 Å². The molecule has 0 saturated heterocycles. The molecule has 1 aromatic carbocycles. The zero-order valence-corrected chi connectivity index (χ0v) is 15.7. The van der Waals surface area contributed by atoms with Crippen molar-refractivity contribution in [2.24, 2.45) is 0 Å². The van der Waals surface area contributed by atoms with Gasteiger partial charge < -0.3 is 5.32 Å². The molecule has 0 bridgehead atoms. The monoisotopic (exact) mass is 367 g/mol. The molecule has 2 amide bonds. The second kappa shape index (κ2) is 7.61. The van der Waals surface area contributed by atoms with Crippen molar-refractivity contribution in [3.8, 4) is 0 Å². The van der Waals surface area contributed by atoms with Gasteiger partial charge >= 0.3 is 6.03 Å². The van der Waals surface area contributed by atoms with Gasteiger partial charge in [0, 0.05) is 45.0 Å². The SMILES string of the molecule is CC(C)(C)c1cc(NC(=O)Nc2ccc(Sc3ccncc3)cc2)n[nH]1. The number of aromatic amines is 1. The number of rotatable bonds is 4. The third-order valence-electron chi connectivity index (χ3n) is 3.63. The fourth-order valence-corrected chi connectivity index (χ4v) is 3.00. The van der Waals surface area contributed by atoms with E-state index in [0.717, 1.165) is 15.5 Å². The summed E-state index contributed by atoms with van der Waals surface area (Å²) in [7, 11) is 0. The molecular formula is C19H21N5OS. The van der Waals surface area contributed by atoms with Crippen LogP contribution in [0.4, 0.5) is 16.3 Å². The van der Waals surface area contributed by atoms with Crippen LogP contribution in [0.15, 0.2) is 64.6 Å². The summed E-state index contributed by atoms with van der Waals surface area (Å²) in [5.41, 5.74) is 1.63. The molecule has 0 aliphatic carbocycles. The van der Waals surface area contributed by atoms with Gasteiger partial charge in [0.1, 0.15) is 0 Å². The Morgan fingerprint density at radius 2 is 1.65 bits per heavy atom. The van der Waals surface area contributed by atoms with Crippen LogP contribution in [0, 0.1) is 0 Å². The van der Waals surface area contributed by atoms with E-state index in [2.05, 4.69) is 46.6 Å². The molecule has 134 valence electrons. The standard InChI is InChI=1S/C19H21N5OS/c1-19(2,3)16-12-17(24-23-16)22-18(25)21-13-4-6-14(7-5-13)26-15-8-10-20-11-9-15/h4-12H,1-3H3,(H3,21,22,23,24,25). The summed E-state index contributed by atoms with van der Waals surface area (Å²) in [6, 6.07) is 13.1. The summed E-state index contributed by atoms with van der Waals surface area (Å²) < 4.78 is 0. The number of benzene rings is 1. The van der Waals surface area contributed by atoms with E-state index >= 15 is 0 Å². The minimum absolute atomic E-state index is 0.0499. The highest BCUT2D eigenvalue weighted by Crippen LogP contribution is 2.28. The molecule has 6 nitrogen and oxygen atoms in total. The van der Waals surface area contributed by atoms with E-state index in [4.69, 9.17) is 0 Å². The van der Waals surface area contributed by atoms with Gasteiger partial charge in [0.2, 0.25) is 0 Å². The number of aromatic nitrogens is 3. The van der Waals surface area contributed by atoms with Crippen molar-refractivity contribution in [3.63, 3.8) is 0 Å². The van der Waals surface area contributed by atoms with Crippen molar-refractivity contribution >= 4 is 29.3 Å². The molecular weight excluding hydrogens is 346 g/mol. The predicted molar refractivity (Wildman–Crippen MR) is 105 cm³/mol. The second-order valence-electron chi connectivity index (χ2n) is 6.81. The van der Waals surface area contributed by atoms with Crippen molar-refractivity contribution < 1.29 is 4.79 Å². The summed E-state index contributed by atoms with van der Waals surface area (Å²) in [6.07, 6.45) is 3.53. The number of nitrogens with one attached hydrogen (secondary N) is 3. The zero-order chi connectivity index (χ0) is 18.6. The number of H-pyrrole nitrogens is 1. The summed E-state index contributed by atoms with van der Waals surface area (Å²) in [4.78, 5) is 18.3. The number of carbonyl (C=O) groups is 1. The van der Waals surface area contributed by atoms with Crippen LogP contribution in [0.1, 0.15) is 26.5 Å². The number of hydrogen-bond donors (Lipinski definition) is 3. The summed E-state index contributed by atoms with van der Waals surface area (Å²) in [6.45, 7) is 6.24. The Kier molecular flexibility index (Phi) is 5.27. The van der Waals surface area contributed by atoms with Crippen LogP contribution in [0.2, 0.25) is 0 Å². The van der Waals surface area contributed by atoms with E-state index in [1.54, 1.807) is 24.2 Å². The van der Waals surface area contributed by atoms with Gasteiger partial charge in [-0.3, -0.25) is 15.4 Å². The van der Waals surface area contributed by atoms with Crippen molar-refractivity contribution in [1.29, 1.82) is 0 Å². The van der Waals surface area contributed by atoms with E-state index in [0.29, 0.717) is 11.5 Å². The van der Waals surface area contributed by atoms with Gasteiger partial charge in [-0.2, -0.15) is 5.10 Å². The molecule has 0 fully saturated rings. The Morgan fingerprint density at radius 3 is 2.27 bits per heavy atom. The first kappa shape index (κ1) is 18.0. The molecule has 0 spiro atoms. The van der Waals surface area contributed by atoms with Crippen LogP contribution in [0.25, 0.3) is 0 Å². The summed E-state index contributed by atoms with van der Waals surface area (Å²) in [5, 5.41) is 12.6. The average Bonchev–Trinajstić information content (AvgIpc) is 3.06. The van der Waals surface area contributed by atoms with E-state index in [9.17, 15) is 4.79 Å². The summed E-state index contributed by atoms with van der Waals surface area (Å²) >= 11 is 1.64.